The third kappa shape index (κ3) is 4.90. The van der Waals surface area contributed by atoms with Crippen molar-refractivity contribution in [1.29, 1.82) is 0 Å². The fourth-order valence-corrected chi connectivity index (χ4v) is 2.63. The van der Waals surface area contributed by atoms with Gasteiger partial charge in [-0.3, -0.25) is 0 Å². The molecule has 0 bridgehead atoms. The summed E-state index contributed by atoms with van der Waals surface area (Å²) in [4.78, 5) is 4.46. The summed E-state index contributed by atoms with van der Waals surface area (Å²) in [5.74, 6) is 1.17. The molecule has 0 spiro atoms. The molecule has 1 heterocycles. The van der Waals surface area contributed by atoms with Crippen LogP contribution in [0.3, 0.4) is 0 Å². The lowest BCUT2D eigenvalue weighted by Crippen LogP contribution is -2.09. The van der Waals surface area contributed by atoms with Crippen LogP contribution in [-0.2, 0) is 6.42 Å². The lowest BCUT2D eigenvalue weighted by Gasteiger charge is -2.10. The first kappa shape index (κ1) is 17.2. The van der Waals surface area contributed by atoms with Crippen molar-refractivity contribution in [2.45, 2.75) is 20.3 Å². The first-order chi connectivity index (χ1) is 12.1. The normalized spacial score (nSPS) is 10.5. The van der Waals surface area contributed by atoms with E-state index in [1.807, 2.05) is 30.3 Å². The van der Waals surface area contributed by atoms with E-state index in [4.69, 9.17) is 11.6 Å². The van der Waals surface area contributed by atoms with E-state index < -0.39 is 0 Å². The summed E-state index contributed by atoms with van der Waals surface area (Å²) in [6, 6.07) is 14.0. The van der Waals surface area contributed by atoms with Crippen molar-refractivity contribution >= 4 is 29.1 Å². The van der Waals surface area contributed by atoms with Gasteiger partial charge in [0, 0.05) is 17.3 Å². The number of nitrogens with one attached hydrogen (secondary N) is 2. The van der Waals surface area contributed by atoms with Crippen LogP contribution in [0.15, 0.2) is 48.7 Å². The Morgan fingerprint density at radius 1 is 1.04 bits per heavy atom. The number of benzene rings is 2. The van der Waals surface area contributed by atoms with E-state index >= 15 is 0 Å². The third-order valence-electron chi connectivity index (χ3n) is 3.82. The van der Waals surface area contributed by atoms with Gasteiger partial charge in [-0.2, -0.15) is 10.1 Å². The molecule has 1 aromatic heterocycles. The fourth-order valence-electron chi connectivity index (χ4n) is 2.50. The Labute approximate surface area is 152 Å². The number of aryl methyl sites for hydroxylation is 2. The largest absolute Gasteiger partial charge is 0.368 e. The van der Waals surface area contributed by atoms with Crippen LogP contribution in [0.2, 0.25) is 5.02 Å². The topological polar surface area (TPSA) is 62.7 Å². The van der Waals surface area contributed by atoms with E-state index in [1.54, 1.807) is 6.20 Å². The zero-order chi connectivity index (χ0) is 17.6. The molecular formula is C19H20ClN5. The van der Waals surface area contributed by atoms with E-state index in [9.17, 15) is 0 Å². The van der Waals surface area contributed by atoms with Gasteiger partial charge in [0.25, 0.3) is 0 Å². The van der Waals surface area contributed by atoms with Crippen LogP contribution in [0.1, 0.15) is 16.7 Å². The van der Waals surface area contributed by atoms with Crippen LogP contribution in [0.4, 0.5) is 17.5 Å². The molecule has 0 aliphatic heterocycles. The Kier molecular flexibility index (Phi) is 5.46. The molecular weight excluding hydrogens is 334 g/mol. The molecule has 6 heteroatoms. The third-order valence-corrected chi connectivity index (χ3v) is 4.07. The van der Waals surface area contributed by atoms with Crippen molar-refractivity contribution in [1.82, 2.24) is 15.2 Å². The molecule has 0 aliphatic rings. The molecule has 2 N–H and O–H groups in total. The minimum atomic E-state index is 0.475. The van der Waals surface area contributed by atoms with Crippen molar-refractivity contribution in [3.05, 3.63) is 70.4 Å². The van der Waals surface area contributed by atoms with E-state index in [0.29, 0.717) is 11.8 Å². The van der Waals surface area contributed by atoms with Gasteiger partial charge in [-0.1, -0.05) is 41.4 Å². The molecule has 0 atom stereocenters. The van der Waals surface area contributed by atoms with Crippen molar-refractivity contribution in [3.8, 4) is 0 Å². The Hall–Kier alpha value is -2.66. The first-order valence-corrected chi connectivity index (χ1v) is 8.50. The van der Waals surface area contributed by atoms with Crippen molar-refractivity contribution < 1.29 is 0 Å². The number of rotatable bonds is 6. The minimum Gasteiger partial charge on any atom is -0.368 e. The second-order valence-electron chi connectivity index (χ2n) is 5.91. The van der Waals surface area contributed by atoms with Gasteiger partial charge in [0.1, 0.15) is 0 Å². The summed E-state index contributed by atoms with van der Waals surface area (Å²) >= 11 is 5.90. The van der Waals surface area contributed by atoms with E-state index in [0.717, 1.165) is 29.2 Å². The molecule has 0 saturated carbocycles. The SMILES string of the molecule is Cc1ccc(Nc2nncc(NCCc3ccc(Cl)cc3)n2)c(C)c1. The van der Waals surface area contributed by atoms with Crippen LogP contribution in [0, 0.1) is 13.8 Å². The molecule has 0 fully saturated rings. The van der Waals surface area contributed by atoms with Crippen LogP contribution in [0.5, 0.6) is 0 Å². The van der Waals surface area contributed by atoms with Crippen molar-refractivity contribution in [2.75, 3.05) is 17.2 Å². The average molecular weight is 354 g/mol. The summed E-state index contributed by atoms with van der Waals surface area (Å²) in [7, 11) is 0. The number of nitrogens with zero attached hydrogens (tertiary/aromatic N) is 3. The van der Waals surface area contributed by atoms with Gasteiger partial charge in [0.15, 0.2) is 5.82 Å². The highest BCUT2D eigenvalue weighted by Crippen LogP contribution is 2.19. The molecule has 2 aromatic carbocycles. The predicted molar refractivity (Wildman–Crippen MR) is 103 cm³/mol. The van der Waals surface area contributed by atoms with Gasteiger partial charge in [-0.15, -0.1) is 5.10 Å². The molecule has 25 heavy (non-hydrogen) atoms. The van der Waals surface area contributed by atoms with E-state index in [-0.39, 0.29) is 0 Å². The first-order valence-electron chi connectivity index (χ1n) is 8.12. The highest BCUT2D eigenvalue weighted by molar-refractivity contribution is 6.30. The maximum atomic E-state index is 5.90. The quantitative estimate of drug-likeness (QED) is 0.681. The molecule has 0 saturated heterocycles. The highest BCUT2D eigenvalue weighted by Gasteiger charge is 2.04. The van der Waals surface area contributed by atoms with Crippen LogP contribution in [-0.4, -0.2) is 21.7 Å². The Morgan fingerprint density at radius 2 is 1.84 bits per heavy atom. The number of halogens is 1. The zero-order valence-electron chi connectivity index (χ0n) is 14.3. The minimum absolute atomic E-state index is 0.475. The van der Waals surface area contributed by atoms with E-state index in [1.165, 1.54) is 11.1 Å². The summed E-state index contributed by atoms with van der Waals surface area (Å²) in [5.41, 5.74) is 4.56. The predicted octanol–water partition coefficient (Wildman–Crippen LogP) is 4.54. The molecule has 128 valence electrons. The molecule has 0 amide bonds. The maximum absolute atomic E-state index is 5.90. The standard InChI is InChI=1S/C19H20ClN5/c1-13-3-8-17(14(2)11-13)23-19-24-18(12-22-25-19)21-10-9-15-4-6-16(20)7-5-15/h3-8,11-12H,9-10H2,1-2H3,(H2,21,23,24,25). The van der Waals surface area contributed by atoms with Crippen molar-refractivity contribution in [2.24, 2.45) is 0 Å². The van der Waals surface area contributed by atoms with E-state index in [2.05, 4.69) is 51.8 Å². The molecule has 5 nitrogen and oxygen atoms in total. The summed E-state index contributed by atoms with van der Waals surface area (Å²) in [5, 5.41) is 15.3. The second kappa shape index (κ2) is 7.94. The van der Waals surface area contributed by atoms with Crippen LogP contribution in [0.25, 0.3) is 0 Å². The van der Waals surface area contributed by atoms with Gasteiger partial charge < -0.3 is 10.6 Å². The lowest BCUT2D eigenvalue weighted by atomic mass is 10.1. The molecule has 0 aliphatic carbocycles. The molecule has 0 radical (unpaired) electrons. The molecule has 0 unspecified atom stereocenters. The number of aromatic nitrogens is 3. The molecule has 3 aromatic rings. The number of anilines is 3. The highest BCUT2D eigenvalue weighted by atomic mass is 35.5. The summed E-state index contributed by atoms with van der Waals surface area (Å²) in [6.07, 6.45) is 2.50. The fraction of sp³-hybridized carbons (Fsp3) is 0.211. The smallest absolute Gasteiger partial charge is 0.249 e. The molecule has 3 rings (SSSR count). The Morgan fingerprint density at radius 3 is 2.60 bits per heavy atom. The Bertz CT molecular complexity index is 849. The average Bonchev–Trinajstić information content (AvgIpc) is 2.60. The van der Waals surface area contributed by atoms with Crippen LogP contribution >= 0.6 is 11.6 Å². The van der Waals surface area contributed by atoms with Gasteiger partial charge >= 0.3 is 0 Å². The van der Waals surface area contributed by atoms with Gasteiger partial charge in [-0.05, 0) is 49.6 Å². The summed E-state index contributed by atoms with van der Waals surface area (Å²) in [6.45, 7) is 4.88. The lowest BCUT2D eigenvalue weighted by molar-refractivity contribution is 0.950. The van der Waals surface area contributed by atoms with Gasteiger partial charge in [0.2, 0.25) is 5.95 Å². The Balaban J connectivity index is 1.60. The maximum Gasteiger partial charge on any atom is 0.249 e. The second-order valence-corrected chi connectivity index (χ2v) is 6.35. The van der Waals surface area contributed by atoms with Crippen LogP contribution < -0.4 is 10.6 Å². The van der Waals surface area contributed by atoms with Crippen molar-refractivity contribution in [3.63, 3.8) is 0 Å². The van der Waals surface area contributed by atoms with Gasteiger partial charge in [0.05, 0.1) is 6.20 Å². The number of hydrogen-bond acceptors (Lipinski definition) is 5. The zero-order valence-corrected chi connectivity index (χ0v) is 15.0. The number of hydrogen-bond donors (Lipinski definition) is 2. The van der Waals surface area contributed by atoms with Gasteiger partial charge in [-0.25, -0.2) is 0 Å². The monoisotopic (exact) mass is 353 g/mol. The summed E-state index contributed by atoms with van der Waals surface area (Å²) < 4.78 is 0.